The van der Waals surface area contributed by atoms with Crippen molar-refractivity contribution in [3.63, 3.8) is 0 Å². The largest absolute Gasteiger partial charge is 0.480 e. The number of nitrogens with one attached hydrogen (secondary N) is 2. The van der Waals surface area contributed by atoms with Crippen molar-refractivity contribution >= 4 is 52.0 Å². The summed E-state index contributed by atoms with van der Waals surface area (Å²) in [5.41, 5.74) is 0.631. The fourth-order valence-electron chi connectivity index (χ4n) is 1.35. The molecule has 0 bridgehead atoms. The second-order valence-corrected chi connectivity index (χ2v) is 6.01. The lowest BCUT2D eigenvalue weighted by Gasteiger charge is -2.14. The first kappa shape index (κ1) is 16.1. The third kappa shape index (κ3) is 6.15. The Kier molecular flexibility index (Phi) is 7.00. The summed E-state index contributed by atoms with van der Waals surface area (Å²) in [5, 5.41) is 14.1. The Bertz CT molecular complexity index is 439. The van der Waals surface area contributed by atoms with E-state index in [4.69, 9.17) is 5.11 Å². The van der Waals surface area contributed by atoms with E-state index in [1.807, 2.05) is 18.4 Å². The highest BCUT2D eigenvalue weighted by Crippen LogP contribution is 2.11. The molecule has 1 atom stereocenters. The predicted octanol–water partition coefficient (Wildman–Crippen LogP) is 2.62. The van der Waals surface area contributed by atoms with Gasteiger partial charge in [-0.1, -0.05) is 0 Å². The predicted molar refractivity (Wildman–Crippen MR) is 85.7 cm³/mol. The van der Waals surface area contributed by atoms with E-state index in [1.165, 1.54) is 0 Å². The Morgan fingerprint density at radius 2 is 2.00 bits per heavy atom. The van der Waals surface area contributed by atoms with Crippen LogP contribution in [-0.2, 0) is 4.79 Å². The number of aliphatic carboxylic acids is 1. The van der Waals surface area contributed by atoms with Crippen molar-refractivity contribution in [2.24, 2.45) is 0 Å². The lowest BCUT2D eigenvalue weighted by atomic mass is 10.2. The van der Waals surface area contributed by atoms with Crippen LogP contribution in [0.1, 0.15) is 6.42 Å². The third-order valence-electron chi connectivity index (χ3n) is 2.32. The standard InChI is InChI=1S/C12H15IN2O3S/c1-19-7-6-10(11(16)17)15-12(18)14-9-4-2-8(13)3-5-9/h2-5,10H,6-7H2,1H3,(H,16,17)(H2,14,15,18)/t10-/m1/s1. The van der Waals surface area contributed by atoms with Crippen molar-refractivity contribution in [3.8, 4) is 0 Å². The summed E-state index contributed by atoms with van der Waals surface area (Å²) in [5.74, 6) is -0.340. The van der Waals surface area contributed by atoms with E-state index >= 15 is 0 Å². The summed E-state index contributed by atoms with van der Waals surface area (Å²) in [7, 11) is 0. The van der Waals surface area contributed by atoms with Crippen LogP contribution in [0.4, 0.5) is 10.5 Å². The minimum absolute atomic E-state index is 0.399. The molecule has 0 aliphatic heterocycles. The molecule has 0 saturated heterocycles. The Balaban J connectivity index is 2.52. The summed E-state index contributed by atoms with van der Waals surface area (Å²) in [6.07, 6.45) is 2.29. The second kappa shape index (κ2) is 8.26. The van der Waals surface area contributed by atoms with Gasteiger partial charge in [0.25, 0.3) is 0 Å². The Morgan fingerprint density at radius 3 is 2.53 bits per heavy atom. The van der Waals surface area contributed by atoms with Gasteiger partial charge in [0.1, 0.15) is 6.04 Å². The van der Waals surface area contributed by atoms with Crippen LogP contribution in [0.2, 0.25) is 0 Å². The number of benzene rings is 1. The molecule has 0 aromatic heterocycles. The van der Waals surface area contributed by atoms with E-state index < -0.39 is 18.0 Å². The highest BCUT2D eigenvalue weighted by molar-refractivity contribution is 14.1. The number of thioether (sulfide) groups is 1. The van der Waals surface area contributed by atoms with Gasteiger partial charge in [-0.2, -0.15) is 11.8 Å². The van der Waals surface area contributed by atoms with E-state index in [0.29, 0.717) is 17.9 Å². The normalized spacial score (nSPS) is 11.7. The number of halogens is 1. The fraction of sp³-hybridized carbons (Fsp3) is 0.333. The number of carboxylic acid groups (broad SMARTS) is 1. The molecular formula is C12H15IN2O3S. The summed E-state index contributed by atoms with van der Waals surface area (Å²) in [6.45, 7) is 0. The lowest BCUT2D eigenvalue weighted by Crippen LogP contribution is -2.43. The molecule has 7 heteroatoms. The molecule has 1 rings (SSSR count). The molecule has 1 aromatic rings. The van der Waals surface area contributed by atoms with Crippen LogP contribution in [-0.4, -0.2) is 35.2 Å². The molecule has 0 heterocycles. The average Bonchev–Trinajstić information content (AvgIpc) is 2.37. The maximum atomic E-state index is 11.7. The van der Waals surface area contributed by atoms with Gasteiger partial charge < -0.3 is 15.7 Å². The zero-order valence-electron chi connectivity index (χ0n) is 10.4. The first-order chi connectivity index (χ1) is 9.02. The molecule has 3 N–H and O–H groups in total. The van der Waals surface area contributed by atoms with Crippen molar-refractivity contribution in [1.82, 2.24) is 5.32 Å². The quantitative estimate of drug-likeness (QED) is 0.649. The Hall–Kier alpha value is -0.960. The van der Waals surface area contributed by atoms with Crippen molar-refractivity contribution in [2.75, 3.05) is 17.3 Å². The van der Waals surface area contributed by atoms with E-state index in [0.717, 1.165) is 3.57 Å². The monoisotopic (exact) mass is 394 g/mol. The minimum atomic E-state index is -1.02. The van der Waals surface area contributed by atoms with Crippen molar-refractivity contribution in [3.05, 3.63) is 27.8 Å². The van der Waals surface area contributed by atoms with Gasteiger partial charge in [-0.25, -0.2) is 9.59 Å². The first-order valence-electron chi connectivity index (χ1n) is 5.57. The van der Waals surface area contributed by atoms with Gasteiger partial charge in [0.05, 0.1) is 0 Å². The number of carbonyl (C=O) groups excluding carboxylic acids is 1. The van der Waals surface area contributed by atoms with Crippen LogP contribution in [0.3, 0.4) is 0 Å². The number of carboxylic acids is 1. The summed E-state index contributed by atoms with van der Waals surface area (Å²) in [4.78, 5) is 22.7. The Morgan fingerprint density at radius 1 is 1.37 bits per heavy atom. The number of amides is 2. The molecule has 1 aromatic carbocycles. The number of rotatable bonds is 6. The number of carbonyl (C=O) groups is 2. The highest BCUT2D eigenvalue weighted by atomic mass is 127. The topological polar surface area (TPSA) is 78.4 Å². The lowest BCUT2D eigenvalue weighted by molar-refractivity contribution is -0.139. The van der Waals surface area contributed by atoms with Gasteiger partial charge in [-0.15, -0.1) is 0 Å². The van der Waals surface area contributed by atoms with E-state index in [-0.39, 0.29) is 0 Å². The molecule has 0 saturated carbocycles. The zero-order chi connectivity index (χ0) is 14.3. The second-order valence-electron chi connectivity index (χ2n) is 3.78. The van der Waals surface area contributed by atoms with Crippen LogP contribution < -0.4 is 10.6 Å². The summed E-state index contributed by atoms with van der Waals surface area (Å²) >= 11 is 3.71. The van der Waals surface area contributed by atoms with Gasteiger partial charge in [-0.05, 0) is 65.3 Å². The smallest absolute Gasteiger partial charge is 0.326 e. The van der Waals surface area contributed by atoms with Crippen molar-refractivity contribution < 1.29 is 14.7 Å². The summed E-state index contributed by atoms with van der Waals surface area (Å²) < 4.78 is 1.06. The fourth-order valence-corrected chi connectivity index (χ4v) is 2.18. The zero-order valence-corrected chi connectivity index (χ0v) is 13.3. The number of hydrogen-bond donors (Lipinski definition) is 3. The third-order valence-corrected chi connectivity index (χ3v) is 3.68. The van der Waals surface area contributed by atoms with Crippen LogP contribution in [0.25, 0.3) is 0 Å². The molecule has 0 spiro atoms. The molecule has 19 heavy (non-hydrogen) atoms. The van der Waals surface area contributed by atoms with Crippen LogP contribution in [0.5, 0.6) is 0 Å². The van der Waals surface area contributed by atoms with Gasteiger partial charge in [0.2, 0.25) is 0 Å². The average molecular weight is 394 g/mol. The van der Waals surface area contributed by atoms with E-state index in [2.05, 4.69) is 33.2 Å². The molecule has 2 amide bonds. The van der Waals surface area contributed by atoms with Crippen LogP contribution >= 0.6 is 34.4 Å². The minimum Gasteiger partial charge on any atom is -0.480 e. The summed E-state index contributed by atoms with van der Waals surface area (Å²) in [6, 6.07) is 5.88. The molecule has 0 aliphatic carbocycles. The molecule has 0 radical (unpaired) electrons. The van der Waals surface area contributed by atoms with Gasteiger partial charge >= 0.3 is 12.0 Å². The Labute approximate surface area is 129 Å². The van der Waals surface area contributed by atoms with E-state index in [1.54, 1.807) is 23.9 Å². The first-order valence-corrected chi connectivity index (χ1v) is 8.05. The molecule has 0 fully saturated rings. The molecule has 0 aliphatic rings. The molecule has 104 valence electrons. The van der Waals surface area contributed by atoms with Crippen molar-refractivity contribution in [1.29, 1.82) is 0 Å². The molecule has 5 nitrogen and oxygen atoms in total. The van der Waals surface area contributed by atoms with Crippen LogP contribution in [0.15, 0.2) is 24.3 Å². The number of anilines is 1. The highest BCUT2D eigenvalue weighted by Gasteiger charge is 2.19. The molecular weight excluding hydrogens is 379 g/mol. The van der Waals surface area contributed by atoms with Crippen molar-refractivity contribution in [2.45, 2.75) is 12.5 Å². The van der Waals surface area contributed by atoms with E-state index in [9.17, 15) is 9.59 Å². The van der Waals surface area contributed by atoms with Gasteiger partial charge in [-0.3, -0.25) is 0 Å². The SMILES string of the molecule is CSCC[C@@H](NC(=O)Nc1ccc(I)cc1)C(=O)O. The molecule has 0 unspecified atom stereocenters. The maximum absolute atomic E-state index is 11.7. The van der Waals surface area contributed by atoms with Gasteiger partial charge in [0, 0.05) is 9.26 Å². The van der Waals surface area contributed by atoms with Gasteiger partial charge in [0.15, 0.2) is 0 Å². The number of hydrogen-bond acceptors (Lipinski definition) is 3. The number of urea groups is 1. The van der Waals surface area contributed by atoms with Crippen LogP contribution in [0, 0.1) is 3.57 Å². The maximum Gasteiger partial charge on any atom is 0.326 e.